The van der Waals surface area contributed by atoms with Crippen molar-refractivity contribution in [3.8, 4) is 0 Å². The van der Waals surface area contributed by atoms with Gasteiger partial charge < -0.3 is 0 Å². The molecule has 2 heterocycles. The lowest BCUT2D eigenvalue weighted by Gasteiger charge is -2.39. The quantitative estimate of drug-likeness (QED) is 0.836. The maximum absolute atomic E-state index is 4.36. The van der Waals surface area contributed by atoms with Gasteiger partial charge in [0.1, 0.15) is 0 Å². The molecule has 0 N–H and O–H groups in total. The second kappa shape index (κ2) is 7.62. The van der Waals surface area contributed by atoms with Crippen LogP contribution < -0.4 is 0 Å². The molecule has 1 saturated heterocycles. The Balaban J connectivity index is 1.64. The van der Waals surface area contributed by atoms with Gasteiger partial charge in [-0.3, -0.25) is 9.80 Å². The Morgan fingerprint density at radius 3 is 2.32 bits per heavy atom. The summed E-state index contributed by atoms with van der Waals surface area (Å²) in [4.78, 5) is 5.07. The van der Waals surface area contributed by atoms with Crippen LogP contribution in [0.2, 0.25) is 0 Å². The molecule has 1 atom stereocenters. The molecule has 0 saturated carbocycles. The topological polar surface area (TPSA) is 50.1 Å². The van der Waals surface area contributed by atoms with Gasteiger partial charge in [0.15, 0.2) is 5.82 Å². The Morgan fingerprint density at radius 2 is 1.72 bits per heavy atom. The van der Waals surface area contributed by atoms with Crippen molar-refractivity contribution in [3.63, 3.8) is 0 Å². The van der Waals surface area contributed by atoms with Crippen LogP contribution in [0.25, 0.3) is 0 Å². The van der Waals surface area contributed by atoms with E-state index in [0.29, 0.717) is 0 Å². The lowest BCUT2D eigenvalue weighted by atomic mass is 10.1. The van der Waals surface area contributed by atoms with Crippen molar-refractivity contribution in [2.75, 3.05) is 26.2 Å². The van der Waals surface area contributed by atoms with Crippen molar-refractivity contribution >= 4 is 0 Å². The van der Waals surface area contributed by atoms with Gasteiger partial charge in [-0.25, -0.2) is 4.68 Å². The molecule has 1 aliphatic rings. The summed E-state index contributed by atoms with van der Waals surface area (Å²) in [5, 5.41) is 12.6. The van der Waals surface area contributed by atoms with Crippen LogP contribution >= 0.6 is 0 Å². The van der Waals surface area contributed by atoms with Gasteiger partial charge in [-0.1, -0.05) is 37.3 Å². The molecule has 1 aliphatic heterocycles. The van der Waals surface area contributed by atoms with E-state index < -0.39 is 0 Å². The van der Waals surface area contributed by atoms with Crippen LogP contribution in [0.3, 0.4) is 0 Å². The molecule has 136 valence electrons. The van der Waals surface area contributed by atoms with Crippen LogP contribution in [0, 0.1) is 0 Å². The fourth-order valence-corrected chi connectivity index (χ4v) is 3.56. The number of piperazine rings is 1. The average molecular weight is 342 g/mol. The largest absolute Gasteiger partial charge is 0.297 e. The van der Waals surface area contributed by atoms with Crippen molar-refractivity contribution in [1.29, 1.82) is 0 Å². The Bertz CT molecular complexity index is 652. The van der Waals surface area contributed by atoms with Gasteiger partial charge in [0, 0.05) is 32.7 Å². The minimum atomic E-state index is -0.0958. The molecule has 6 nitrogen and oxygen atoms in total. The summed E-state index contributed by atoms with van der Waals surface area (Å²) in [6, 6.07) is 11.0. The summed E-state index contributed by atoms with van der Waals surface area (Å²) in [5.74, 6) is 0.992. The molecule has 0 unspecified atom stereocenters. The molecule has 6 heteroatoms. The molecule has 0 amide bonds. The molecule has 25 heavy (non-hydrogen) atoms. The fourth-order valence-electron chi connectivity index (χ4n) is 3.56. The lowest BCUT2D eigenvalue weighted by Crippen LogP contribution is -2.48. The van der Waals surface area contributed by atoms with Crippen LogP contribution in [-0.4, -0.2) is 56.2 Å². The number of nitrogens with zero attached hydrogens (tertiary/aromatic N) is 6. The smallest absolute Gasteiger partial charge is 0.168 e. The number of aromatic nitrogens is 4. The number of benzene rings is 1. The minimum Gasteiger partial charge on any atom is -0.297 e. The van der Waals surface area contributed by atoms with E-state index in [1.807, 2.05) is 4.68 Å². The monoisotopic (exact) mass is 342 g/mol. The van der Waals surface area contributed by atoms with Gasteiger partial charge in [-0.2, -0.15) is 0 Å². The normalized spacial score (nSPS) is 18.4. The third-order valence-electron chi connectivity index (χ3n) is 4.91. The number of rotatable bonds is 5. The standard InChI is InChI=1S/C19H30N6/c1-5-17(18-20-21-22-25(18)19(2,3)4)24-13-11-23(12-14-24)15-16-9-7-6-8-10-16/h6-10,17H,5,11-15H2,1-4H3/t17-/m1/s1. The van der Waals surface area contributed by atoms with E-state index in [1.54, 1.807) is 0 Å². The third-order valence-corrected chi connectivity index (χ3v) is 4.91. The van der Waals surface area contributed by atoms with Gasteiger partial charge in [0.2, 0.25) is 0 Å². The number of hydrogen-bond acceptors (Lipinski definition) is 5. The van der Waals surface area contributed by atoms with Crippen LogP contribution in [-0.2, 0) is 12.1 Å². The fraction of sp³-hybridized carbons (Fsp3) is 0.632. The van der Waals surface area contributed by atoms with E-state index in [4.69, 9.17) is 0 Å². The molecule has 0 radical (unpaired) electrons. The van der Waals surface area contributed by atoms with E-state index in [1.165, 1.54) is 5.56 Å². The Labute approximate surface area is 150 Å². The van der Waals surface area contributed by atoms with Gasteiger partial charge >= 0.3 is 0 Å². The molecule has 0 aliphatic carbocycles. The van der Waals surface area contributed by atoms with Crippen LogP contribution in [0.5, 0.6) is 0 Å². The number of tetrazole rings is 1. The molecule has 3 rings (SSSR count). The van der Waals surface area contributed by atoms with Crippen molar-refractivity contribution in [2.24, 2.45) is 0 Å². The molecule has 2 aromatic rings. The first-order valence-electron chi connectivity index (χ1n) is 9.28. The highest BCUT2D eigenvalue weighted by molar-refractivity contribution is 5.14. The zero-order valence-corrected chi connectivity index (χ0v) is 15.9. The highest BCUT2D eigenvalue weighted by atomic mass is 15.6. The predicted molar refractivity (Wildman–Crippen MR) is 99.1 cm³/mol. The zero-order chi connectivity index (χ0) is 17.9. The van der Waals surface area contributed by atoms with E-state index in [0.717, 1.165) is 45.0 Å². The lowest BCUT2D eigenvalue weighted by molar-refractivity contribution is 0.0819. The summed E-state index contributed by atoms with van der Waals surface area (Å²) >= 11 is 0. The zero-order valence-electron chi connectivity index (χ0n) is 15.9. The Kier molecular flexibility index (Phi) is 5.49. The second-order valence-electron chi connectivity index (χ2n) is 7.84. The van der Waals surface area contributed by atoms with E-state index >= 15 is 0 Å². The summed E-state index contributed by atoms with van der Waals surface area (Å²) < 4.78 is 1.98. The van der Waals surface area contributed by atoms with E-state index in [2.05, 4.69) is 83.4 Å². The predicted octanol–water partition coefficient (Wildman–Crippen LogP) is 2.70. The van der Waals surface area contributed by atoms with Crippen molar-refractivity contribution in [3.05, 3.63) is 41.7 Å². The molecule has 1 aromatic carbocycles. The first kappa shape index (κ1) is 18.0. The molecule has 0 bridgehead atoms. The highest BCUT2D eigenvalue weighted by Crippen LogP contribution is 2.26. The summed E-state index contributed by atoms with van der Waals surface area (Å²) in [6.07, 6.45) is 1.02. The molecular weight excluding hydrogens is 312 g/mol. The van der Waals surface area contributed by atoms with Crippen molar-refractivity contribution in [1.82, 2.24) is 30.0 Å². The maximum Gasteiger partial charge on any atom is 0.168 e. The van der Waals surface area contributed by atoms with Crippen LogP contribution in [0.1, 0.15) is 51.5 Å². The minimum absolute atomic E-state index is 0.0958. The van der Waals surface area contributed by atoms with E-state index in [-0.39, 0.29) is 11.6 Å². The van der Waals surface area contributed by atoms with Crippen LogP contribution in [0.4, 0.5) is 0 Å². The van der Waals surface area contributed by atoms with Gasteiger partial charge in [-0.15, -0.1) is 5.10 Å². The van der Waals surface area contributed by atoms with Crippen LogP contribution in [0.15, 0.2) is 30.3 Å². The maximum atomic E-state index is 4.36. The molecule has 1 fully saturated rings. The van der Waals surface area contributed by atoms with Crippen molar-refractivity contribution in [2.45, 2.75) is 52.2 Å². The van der Waals surface area contributed by atoms with Crippen molar-refractivity contribution < 1.29 is 0 Å². The highest BCUT2D eigenvalue weighted by Gasteiger charge is 2.30. The summed E-state index contributed by atoms with van der Waals surface area (Å²) in [7, 11) is 0. The van der Waals surface area contributed by atoms with Gasteiger partial charge in [0.05, 0.1) is 11.6 Å². The average Bonchev–Trinajstić information content (AvgIpc) is 3.08. The molecular formula is C19H30N6. The Hall–Kier alpha value is -1.79. The Morgan fingerprint density at radius 1 is 1.04 bits per heavy atom. The second-order valence-corrected chi connectivity index (χ2v) is 7.84. The van der Waals surface area contributed by atoms with Gasteiger partial charge in [-0.05, 0) is 43.2 Å². The first-order valence-corrected chi connectivity index (χ1v) is 9.28. The van der Waals surface area contributed by atoms with E-state index in [9.17, 15) is 0 Å². The summed E-state index contributed by atoms with van der Waals surface area (Å²) in [5.41, 5.74) is 1.29. The van der Waals surface area contributed by atoms with Gasteiger partial charge in [0.25, 0.3) is 0 Å². The summed E-state index contributed by atoms with van der Waals surface area (Å²) in [6.45, 7) is 14.0. The molecule has 1 aromatic heterocycles. The number of hydrogen-bond donors (Lipinski definition) is 0. The third kappa shape index (κ3) is 4.25. The SMILES string of the molecule is CC[C@H](c1nnnn1C(C)(C)C)N1CCN(Cc2ccccc2)CC1. The molecule has 0 spiro atoms. The first-order chi connectivity index (χ1) is 12.0.